The van der Waals surface area contributed by atoms with E-state index >= 15 is 0 Å². The molecule has 1 amide bonds. The molecule has 1 aliphatic rings. The van der Waals surface area contributed by atoms with Crippen LogP contribution in [0.3, 0.4) is 0 Å². The molecular formula is C20H18F3N5O. The SMILES string of the molecule is O=C(NCc1cccnc1)c1cc2n(n1)C(C(F)(F)F)CC(c1ccccc1)N2. The molecule has 1 aliphatic heterocycles. The van der Waals surface area contributed by atoms with Gasteiger partial charge in [-0.05, 0) is 17.2 Å². The van der Waals surface area contributed by atoms with Crippen LogP contribution in [0.5, 0.6) is 0 Å². The van der Waals surface area contributed by atoms with E-state index in [4.69, 9.17) is 0 Å². The number of halogens is 3. The minimum Gasteiger partial charge on any atom is -0.363 e. The van der Waals surface area contributed by atoms with Crippen molar-refractivity contribution >= 4 is 11.7 Å². The average Bonchev–Trinajstić information content (AvgIpc) is 3.16. The Hall–Kier alpha value is -3.36. The lowest BCUT2D eigenvalue weighted by Crippen LogP contribution is -2.35. The number of hydrogen-bond acceptors (Lipinski definition) is 4. The molecule has 0 saturated carbocycles. The molecule has 2 unspecified atom stereocenters. The number of anilines is 1. The summed E-state index contributed by atoms with van der Waals surface area (Å²) in [6.07, 6.45) is -1.48. The van der Waals surface area contributed by atoms with Gasteiger partial charge in [0.1, 0.15) is 5.82 Å². The monoisotopic (exact) mass is 401 g/mol. The molecule has 2 aromatic heterocycles. The molecule has 0 fully saturated rings. The minimum absolute atomic E-state index is 0.0700. The second-order valence-corrected chi connectivity index (χ2v) is 6.80. The summed E-state index contributed by atoms with van der Waals surface area (Å²) in [7, 11) is 0. The molecule has 2 atom stereocenters. The van der Waals surface area contributed by atoms with E-state index in [1.54, 1.807) is 48.8 Å². The first kappa shape index (κ1) is 19.0. The highest BCUT2D eigenvalue weighted by Crippen LogP contribution is 2.43. The maximum atomic E-state index is 13.7. The molecule has 150 valence electrons. The molecule has 29 heavy (non-hydrogen) atoms. The van der Waals surface area contributed by atoms with E-state index in [-0.39, 0.29) is 24.5 Å². The van der Waals surface area contributed by atoms with Gasteiger partial charge in [0.2, 0.25) is 0 Å². The predicted octanol–water partition coefficient (Wildman–Crippen LogP) is 3.87. The van der Waals surface area contributed by atoms with Crippen LogP contribution in [0.25, 0.3) is 0 Å². The Balaban J connectivity index is 1.58. The Morgan fingerprint density at radius 2 is 2.00 bits per heavy atom. The lowest BCUT2D eigenvalue weighted by Gasteiger charge is -2.33. The number of alkyl halides is 3. The van der Waals surface area contributed by atoms with Crippen molar-refractivity contribution < 1.29 is 18.0 Å². The van der Waals surface area contributed by atoms with Crippen LogP contribution < -0.4 is 10.6 Å². The fourth-order valence-corrected chi connectivity index (χ4v) is 3.36. The number of benzene rings is 1. The molecule has 6 nitrogen and oxygen atoms in total. The summed E-state index contributed by atoms with van der Waals surface area (Å²) in [5, 5.41) is 9.68. The van der Waals surface area contributed by atoms with E-state index in [2.05, 4.69) is 20.7 Å². The second kappa shape index (κ2) is 7.57. The lowest BCUT2D eigenvalue weighted by atomic mass is 9.97. The minimum atomic E-state index is -4.49. The third kappa shape index (κ3) is 4.08. The number of nitrogens with zero attached hydrogens (tertiary/aromatic N) is 3. The van der Waals surface area contributed by atoms with Crippen molar-refractivity contribution in [1.29, 1.82) is 0 Å². The second-order valence-electron chi connectivity index (χ2n) is 6.80. The Labute approximate surface area is 164 Å². The number of pyridine rings is 1. The first-order chi connectivity index (χ1) is 13.9. The molecule has 1 aromatic carbocycles. The maximum Gasteiger partial charge on any atom is 0.410 e. The van der Waals surface area contributed by atoms with Gasteiger partial charge in [-0.3, -0.25) is 9.78 Å². The number of carbonyl (C=O) groups excluding carboxylic acids is 1. The number of amides is 1. The summed E-state index contributed by atoms with van der Waals surface area (Å²) in [6, 6.07) is 11.5. The van der Waals surface area contributed by atoms with Crippen LogP contribution in [0.4, 0.5) is 19.0 Å². The highest BCUT2D eigenvalue weighted by atomic mass is 19.4. The van der Waals surface area contributed by atoms with Gasteiger partial charge in [-0.1, -0.05) is 36.4 Å². The van der Waals surface area contributed by atoms with Crippen LogP contribution in [0, 0.1) is 0 Å². The zero-order valence-electron chi connectivity index (χ0n) is 15.2. The van der Waals surface area contributed by atoms with Crippen LogP contribution in [0.2, 0.25) is 0 Å². The Morgan fingerprint density at radius 1 is 1.21 bits per heavy atom. The number of aromatic nitrogens is 3. The Kier molecular flexibility index (Phi) is 4.96. The van der Waals surface area contributed by atoms with Crippen LogP contribution in [0.15, 0.2) is 60.9 Å². The Morgan fingerprint density at radius 3 is 2.69 bits per heavy atom. The molecule has 9 heteroatoms. The largest absolute Gasteiger partial charge is 0.410 e. The lowest BCUT2D eigenvalue weighted by molar-refractivity contribution is -0.173. The van der Waals surface area contributed by atoms with Crippen molar-refractivity contribution in [2.24, 2.45) is 0 Å². The van der Waals surface area contributed by atoms with Crippen LogP contribution >= 0.6 is 0 Å². The number of hydrogen-bond donors (Lipinski definition) is 2. The van der Waals surface area contributed by atoms with Crippen molar-refractivity contribution in [3.63, 3.8) is 0 Å². The molecule has 0 aliphatic carbocycles. The van der Waals surface area contributed by atoms with Gasteiger partial charge in [-0.25, -0.2) is 4.68 Å². The molecule has 3 heterocycles. The van der Waals surface area contributed by atoms with Crippen molar-refractivity contribution in [1.82, 2.24) is 20.1 Å². The van der Waals surface area contributed by atoms with Crippen molar-refractivity contribution in [2.45, 2.75) is 31.2 Å². The summed E-state index contributed by atoms with van der Waals surface area (Å²) in [5.74, 6) is -0.381. The molecule has 0 bridgehead atoms. The molecule has 0 spiro atoms. The van der Waals surface area contributed by atoms with Crippen LogP contribution in [-0.2, 0) is 6.54 Å². The standard InChI is InChI=1S/C20H18F3N5O/c21-20(22,23)17-9-15(14-6-2-1-3-7-14)26-18-10-16(27-28(17)18)19(29)25-12-13-5-4-8-24-11-13/h1-8,10-11,15,17,26H,9,12H2,(H,25,29). The van der Waals surface area contributed by atoms with E-state index in [1.807, 2.05) is 6.07 Å². The van der Waals surface area contributed by atoms with Gasteiger partial charge < -0.3 is 10.6 Å². The summed E-state index contributed by atoms with van der Waals surface area (Å²) in [4.78, 5) is 16.4. The summed E-state index contributed by atoms with van der Waals surface area (Å²) in [6.45, 7) is 0.206. The normalized spacial score (nSPS) is 18.6. The first-order valence-corrected chi connectivity index (χ1v) is 9.06. The third-order valence-electron chi connectivity index (χ3n) is 4.80. The average molecular weight is 401 g/mol. The first-order valence-electron chi connectivity index (χ1n) is 9.06. The zero-order chi connectivity index (χ0) is 20.4. The number of fused-ring (bicyclic) bond motifs is 1. The smallest absolute Gasteiger partial charge is 0.363 e. The number of rotatable bonds is 4. The molecule has 0 radical (unpaired) electrons. The predicted molar refractivity (Wildman–Crippen MR) is 100 cm³/mol. The van der Waals surface area contributed by atoms with E-state index in [9.17, 15) is 18.0 Å². The highest BCUT2D eigenvalue weighted by molar-refractivity contribution is 5.93. The fraction of sp³-hybridized carbons (Fsp3) is 0.250. The Bertz CT molecular complexity index is 988. The van der Waals surface area contributed by atoms with E-state index in [0.29, 0.717) is 0 Å². The van der Waals surface area contributed by atoms with Gasteiger partial charge in [0.05, 0.1) is 6.04 Å². The topological polar surface area (TPSA) is 71.8 Å². The highest BCUT2D eigenvalue weighted by Gasteiger charge is 2.46. The number of carbonyl (C=O) groups is 1. The molecule has 0 saturated heterocycles. The molecule has 3 aromatic rings. The van der Waals surface area contributed by atoms with Gasteiger partial charge in [0, 0.05) is 31.4 Å². The molecular weight excluding hydrogens is 383 g/mol. The number of nitrogens with one attached hydrogen (secondary N) is 2. The molecule has 2 N–H and O–H groups in total. The maximum absolute atomic E-state index is 13.7. The van der Waals surface area contributed by atoms with E-state index in [0.717, 1.165) is 15.8 Å². The summed E-state index contributed by atoms with van der Waals surface area (Å²) >= 11 is 0. The van der Waals surface area contributed by atoms with Crippen molar-refractivity contribution in [2.75, 3.05) is 5.32 Å². The van der Waals surface area contributed by atoms with Gasteiger partial charge in [-0.2, -0.15) is 18.3 Å². The van der Waals surface area contributed by atoms with Crippen molar-refractivity contribution in [3.05, 3.63) is 77.7 Å². The fourth-order valence-electron chi connectivity index (χ4n) is 3.36. The van der Waals surface area contributed by atoms with Crippen LogP contribution in [-0.4, -0.2) is 26.8 Å². The zero-order valence-corrected chi connectivity index (χ0v) is 15.2. The molecule has 4 rings (SSSR count). The van der Waals surface area contributed by atoms with Gasteiger partial charge in [-0.15, -0.1) is 0 Å². The third-order valence-corrected chi connectivity index (χ3v) is 4.80. The van der Waals surface area contributed by atoms with Gasteiger partial charge in [0.15, 0.2) is 11.7 Å². The van der Waals surface area contributed by atoms with E-state index < -0.39 is 24.2 Å². The van der Waals surface area contributed by atoms with Crippen molar-refractivity contribution in [3.8, 4) is 0 Å². The van der Waals surface area contributed by atoms with E-state index in [1.165, 1.54) is 6.07 Å². The summed E-state index contributed by atoms with van der Waals surface area (Å²) < 4.78 is 41.9. The van der Waals surface area contributed by atoms with Gasteiger partial charge >= 0.3 is 6.18 Å². The summed E-state index contributed by atoms with van der Waals surface area (Å²) in [5.41, 5.74) is 1.45. The van der Waals surface area contributed by atoms with Crippen LogP contribution in [0.1, 0.15) is 40.1 Å². The van der Waals surface area contributed by atoms with Gasteiger partial charge in [0.25, 0.3) is 5.91 Å². The quantitative estimate of drug-likeness (QED) is 0.696.